The normalized spacial score (nSPS) is 23.4. The third-order valence-corrected chi connectivity index (χ3v) is 9.48. The molecule has 5 atom stereocenters. The molecule has 0 radical (unpaired) electrons. The van der Waals surface area contributed by atoms with E-state index in [0.29, 0.717) is 0 Å². The van der Waals surface area contributed by atoms with Gasteiger partial charge in [-0.1, -0.05) is 30.3 Å². The van der Waals surface area contributed by atoms with Gasteiger partial charge in [0.1, 0.15) is 23.6 Å². The van der Waals surface area contributed by atoms with Gasteiger partial charge < -0.3 is 29.4 Å². The topological polar surface area (TPSA) is 156 Å². The van der Waals surface area contributed by atoms with Gasteiger partial charge in [0.05, 0.1) is 19.0 Å². The predicted octanol–water partition coefficient (Wildman–Crippen LogP) is 4.34. The van der Waals surface area contributed by atoms with Gasteiger partial charge in [-0.05, 0) is 55.5 Å². The van der Waals surface area contributed by atoms with Crippen LogP contribution in [0.15, 0.2) is 55.1 Å². The van der Waals surface area contributed by atoms with Crippen LogP contribution in [0.2, 0.25) is 0 Å². The van der Waals surface area contributed by atoms with Crippen LogP contribution in [0, 0.1) is 0 Å². The number of ether oxygens (including phenoxy) is 2. The third kappa shape index (κ3) is 6.20. The smallest absolute Gasteiger partial charge is 0.323 e. The zero-order valence-electron chi connectivity index (χ0n) is 24.0. The van der Waals surface area contributed by atoms with Crippen molar-refractivity contribution in [1.82, 2.24) is 24.6 Å². The molecule has 18 heteroatoms. The fraction of sp³-hybridized carbons (Fsp3) is 0.407. The van der Waals surface area contributed by atoms with Crippen molar-refractivity contribution in [2.24, 2.45) is 0 Å². The van der Waals surface area contributed by atoms with Crippen molar-refractivity contribution in [2.75, 3.05) is 12.3 Å². The van der Waals surface area contributed by atoms with E-state index < -0.39 is 61.6 Å². The number of imidazole rings is 1. The number of nitrogen functional groups attached to an aromatic ring is 1. The number of nitrogens with zero attached hydrogens (tertiary/aromatic N) is 4. The van der Waals surface area contributed by atoms with E-state index in [9.17, 15) is 18.7 Å². The van der Waals surface area contributed by atoms with Gasteiger partial charge in [-0.2, -0.15) is 8.78 Å². The van der Waals surface area contributed by atoms with Gasteiger partial charge in [0, 0.05) is 0 Å². The molecular weight excluding hydrogens is 643 g/mol. The summed E-state index contributed by atoms with van der Waals surface area (Å²) in [4.78, 5) is 24.2. The van der Waals surface area contributed by atoms with E-state index in [2.05, 4.69) is 20.0 Å². The van der Waals surface area contributed by atoms with Crippen molar-refractivity contribution in [2.45, 2.75) is 63.2 Å². The number of halogens is 4. The second kappa shape index (κ2) is 12.4. The molecule has 242 valence electrons. The van der Waals surface area contributed by atoms with Gasteiger partial charge in [0.15, 0.2) is 23.8 Å². The first-order valence-corrected chi connectivity index (χ1v) is 16.2. The summed E-state index contributed by atoms with van der Waals surface area (Å²) in [5.41, 5.74) is 1.86. The molecule has 12 nitrogen and oxygen atoms in total. The molecule has 4 aromatic rings. The van der Waals surface area contributed by atoms with Crippen LogP contribution in [0.25, 0.3) is 21.9 Å². The number of alkyl halides is 4. The van der Waals surface area contributed by atoms with Gasteiger partial charge in [-0.15, -0.1) is 0 Å². The molecule has 5 rings (SSSR count). The Morgan fingerprint density at radius 2 is 1.89 bits per heavy atom. The first-order chi connectivity index (χ1) is 21.2. The van der Waals surface area contributed by atoms with E-state index in [1.54, 1.807) is 38.1 Å². The Balaban J connectivity index is 1.48. The minimum atomic E-state index is -4.60. The van der Waals surface area contributed by atoms with Gasteiger partial charge >= 0.3 is 18.5 Å². The average molecular weight is 673 g/mol. The molecule has 1 saturated heterocycles. The van der Waals surface area contributed by atoms with E-state index in [4.69, 9.17) is 36.1 Å². The quantitative estimate of drug-likeness (QED) is 0.118. The zero-order chi connectivity index (χ0) is 32.7. The number of nitrogens with one attached hydrogen (secondary N) is 1. The number of rotatable bonds is 11. The number of fused-ring (bicyclic) bond motifs is 2. The van der Waals surface area contributed by atoms with Crippen molar-refractivity contribution >= 4 is 52.2 Å². The number of anilines is 1. The molecule has 0 saturated carbocycles. The van der Waals surface area contributed by atoms with E-state index in [1.807, 2.05) is 12.1 Å². The van der Waals surface area contributed by atoms with Crippen molar-refractivity contribution in [3.8, 4) is 5.75 Å². The molecule has 1 aliphatic heterocycles. The van der Waals surface area contributed by atoms with Crippen LogP contribution in [0.5, 0.6) is 5.75 Å². The monoisotopic (exact) mass is 672 g/mol. The highest BCUT2D eigenvalue weighted by atomic mass is 32.5. The summed E-state index contributed by atoms with van der Waals surface area (Å²) in [5.74, 6) is -5.38. The molecule has 0 bridgehead atoms. The average Bonchev–Trinajstić information content (AvgIpc) is 3.49. The number of carbonyl (C=O) groups is 1. The van der Waals surface area contributed by atoms with Crippen LogP contribution >= 0.6 is 6.64 Å². The Morgan fingerprint density at radius 1 is 1.18 bits per heavy atom. The Labute approximate surface area is 259 Å². The fourth-order valence-electron chi connectivity index (χ4n) is 4.70. The number of hydrogen-bond acceptors (Lipinski definition) is 11. The first-order valence-electron chi connectivity index (χ1n) is 13.5. The second-order valence-corrected chi connectivity index (χ2v) is 13.7. The number of hydrogen-bond donors (Lipinski definition) is 3. The van der Waals surface area contributed by atoms with Crippen molar-refractivity contribution < 1.29 is 46.0 Å². The maximum Gasteiger partial charge on any atom is 0.323 e. The molecule has 2 aromatic heterocycles. The maximum absolute atomic E-state index is 15.8. The number of carbonyl (C=O) groups excluding carboxylic acids is 1. The molecule has 0 amide bonds. The molecule has 1 unspecified atom stereocenters. The summed E-state index contributed by atoms with van der Waals surface area (Å²) >= 11 is 5.57. The van der Waals surface area contributed by atoms with Crippen LogP contribution < -0.4 is 15.3 Å². The molecule has 1 aliphatic rings. The maximum atomic E-state index is 15.8. The summed E-state index contributed by atoms with van der Waals surface area (Å²) in [6.07, 6.45) is -7.35. The Bertz CT molecular complexity index is 1770. The SMILES string of the molecule is CC(C)OC(=O)[C@H](C)NP(=S)(OC[C@@]1(C(F)F)O[C@@H](n2cnc3c(N)ncnc32)[C@H](O)C1(F)F)Oc1ccc2ccccc2c1. The summed E-state index contributed by atoms with van der Waals surface area (Å²) in [5, 5.41) is 14.9. The number of benzene rings is 2. The highest BCUT2D eigenvalue weighted by Crippen LogP contribution is 2.55. The first kappa shape index (κ1) is 32.9. The highest BCUT2D eigenvalue weighted by molar-refractivity contribution is 8.09. The summed E-state index contributed by atoms with van der Waals surface area (Å²) in [6.45, 7) is -1.08. The summed E-state index contributed by atoms with van der Waals surface area (Å²) < 4.78 is 83.8. The minimum absolute atomic E-state index is 0.0202. The number of aliphatic hydroxyl groups is 1. The molecule has 0 spiro atoms. The molecule has 2 aromatic carbocycles. The lowest BCUT2D eigenvalue weighted by molar-refractivity contribution is -0.241. The summed E-state index contributed by atoms with van der Waals surface area (Å²) in [6, 6.07) is 10.8. The summed E-state index contributed by atoms with van der Waals surface area (Å²) in [7, 11) is 0. The predicted molar refractivity (Wildman–Crippen MR) is 158 cm³/mol. The lowest BCUT2D eigenvalue weighted by atomic mass is 9.95. The third-order valence-electron chi connectivity index (χ3n) is 7.00. The van der Waals surface area contributed by atoms with Crippen LogP contribution in [0.4, 0.5) is 23.4 Å². The van der Waals surface area contributed by atoms with Crippen molar-refractivity contribution in [1.29, 1.82) is 0 Å². The largest absolute Gasteiger partial charge is 0.462 e. The van der Waals surface area contributed by atoms with Crippen LogP contribution in [0.3, 0.4) is 0 Å². The lowest BCUT2D eigenvalue weighted by Gasteiger charge is -2.35. The van der Waals surface area contributed by atoms with Crippen LogP contribution in [-0.4, -0.2) is 73.4 Å². The van der Waals surface area contributed by atoms with Crippen molar-refractivity contribution in [3.05, 3.63) is 55.1 Å². The van der Waals surface area contributed by atoms with Gasteiger partial charge in [0.2, 0.25) is 5.60 Å². The Kier molecular flexibility index (Phi) is 9.05. The van der Waals surface area contributed by atoms with Crippen LogP contribution in [-0.2, 0) is 30.6 Å². The Morgan fingerprint density at radius 3 is 2.58 bits per heavy atom. The highest BCUT2D eigenvalue weighted by Gasteiger charge is 2.74. The lowest BCUT2D eigenvalue weighted by Crippen LogP contribution is -2.57. The van der Waals surface area contributed by atoms with Gasteiger partial charge in [-0.3, -0.25) is 9.36 Å². The molecule has 0 aliphatic carbocycles. The zero-order valence-corrected chi connectivity index (χ0v) is 25.7. The molecule has 45 heavy (non-hydrogen) atoms. The Hall–Kier alpha value is -3.47. The molecule has 3 heterocycles. The van der Waals surface area contributed by atoms with Crippen LogP contribution in [0.1, 0.15) is 27.0 Å². The number of aliphatic hydroxyl groups excluding tert-OH is 1. The molecular formula is C27H29F4N6O6PS. The second-order valence-electron chi connectivity index (χ2n) is 10.6. The van der Waals surface area contributed by atoms with E-state index in [0.717, 1.165) is 28.0 Å². The van der Waals surface area contributed by atoms with E-state index >= 15 is 8.78 Å². The van der Waals surface area contributed by atoms with Gasteiger partial charge in [-0.25, -0.2) is 28.8 Å². The standard InChI is InChI=1S/C27H29F4N6O6PS/c1-14(2)41-24(39)15(3)36-44(45,43-18-9-8-16-6-4-5-7-17(16)10-18)40-11-26(25(28)29)27(30,31)20(38)23(42-26)37-13-35-19-21(32)33-12-34-22(19)37/h4-10,12-15,20,23,25,38H,11H2,1-3H3,(H,36,45)(H2,32,33,34)/t15-,20-,23+,26-,44?/m0/s1. The number of esters is 1. The van der Waals surface area contributed by atoms with E-state index in [-0.39, 0.29) is 22.7 Å². The molecule has 4 N–H and O–H groups in total. The number of nitrogens with two attached hydrogens (primary N) is 1. The fourth-order valence-corrected chi connectivity index (χ4v) is 7.10. The van der Waals surface area contributed by atoms with E-state index in [1.165, 1.54) is 13.0 Å². The van der Waals surface area contributed by atoms with Crippen molar-refractivity contribution in [3.63, 3.8) is 0 Å². The minimum Gasteiger partial charge on any atom is -0.462 e. The number of aromatic nitrogens is 4. The molecule has 1 fully saturated rings. The van der Waals surface area contributed by atoms with Gasteiger partial charge in [0.25, 0.3) is 6.43 Å².